The first kappa shape index (κ1) is 17.2. The number of halogens is 1. The fraction of sp³-hybridized carbons (Fsp3) is 0.286. The fourth-order valence-corrected chi connectivity index (χ4v) is 1.97. The number of carbonyl (C=O) groups excluding carboxylic acids is 2. The van der Waals surface area contributed by atoms with E-state index in [1.165, 1.54) is 0 Å². The molecule has 9 nitrogen and oxygen atoms in total. The predicted molar refractivity (Wildman–Crippen MR) is 78.7 cm³/mol. The van der Waals surface area contributed by atoms with Crippen LogP contribution in [-0.4, -0.2) is 36.7 Å². The SMILES string of the molecule is CCOC(=O)C1=C(COc2cc(F)ccc2[N+](=O)[O-])NC(=O)NC1. The minimum atomic E-state index is -0.726. The molecule has 128 valence electrons. The molecule has 1 aromatic rings. The lowest BCUT2D eigenvalue weighted by Crippen LogP contribution is -2.45. The third-order valence-corrected chi connectivity index (χ3v) is 3.07. The zero-order valence-corrected chi connectivity index (χ0v) is 12.6. The molecule has 1 aromatic carbocycles. The van der Waals surface area contributed by atoms with Crippen molar-refractivity contribution in [3.8, 4) is 5.75 Å². The molecule has 0 unspecified atom stereocenters. The maximum atomic E-state index is 13.3. The Hall–Kier alpha value is -3.17. The lowest BCUT2D eigenvalue weighted by molar-refractivity contribution is -0.385. The number of benzene rings is 1. The van der Waals surface area contributed by atoms with Crippen LogP contribution in [0.25, 0.3) is 0 Å². The van der Waals surface area contributed by atoms with Crippen molar-refractivity contribution in [2.45, 2.75) is 6.92 Å². The van der Waals surface area contributed by atoms with Crippen molar-refractivity contribution in [2.24, 2.45) is 0 Å². The van der Waals surface area contributed by atoms with Crippen LogP contribution in [0.15, 0.2) is 29.5 Å². The van der Waals surface area contributed by atoms with E-state index < -0.39 is 28.4 Å². The topological polar surface area (TPSA) is 120 Å². The maximum Gasteiger partial charge on any atom is 0.337 e. The summed E-state index contributed by atoms with van der Waals surface area (Å²) in [6, 6.07) is 2.19. The highest BCUT2D eigenvalue weighted by Gasteiger charge is 2.25. The zero-order valence-electron chi connectivity index (χ0n) is 12.6. The van der Waals surface area contributed by atoms with Gasteiger partial charge in [-0.05, 0) is 13.0 Å². The summed E-state index contributed by atoms with van der Waals surface area (Å²) in [5.41, 5.74) is -0.221. The van der Waals surface area contributed by atoms with Crippen molar-refractivity contribution in [3.63, 3.8) is 0 Å². The Labute approximate surface area is 135 Å². The molecule has 1 aliphatic heterocycles. The Kier molecular flexibility index (Phi) is 5.30. The van der Waals surface area contributed by atoms with Gasteiger partial charge < -0.3 is 20.1 Å². The molecule has 0 atom stereocenters. The van der Waals surface area contributed by atoms with Crippen LogP contribution >= 0.6 is 0 Å². The minimum Gasteiger partial charge on any atom is -0.480 e. The number of nitrogens with one attached hydrogen (secondary N) is 2. The summed E-state index contributed by atoms with van der Waals surface area (Å²) in [5, 5.41) is 15.7. The number of carbonyl (C=O) groups is 2. The number of hydrogen-bond donors (Lipinski definition) is 2. The number of ether oxygens (including phenoxy) is 2. The summed E-state index contributed by atoms with van der Waals surface area (Å²) in [6.45, 7) is 1.32. The first-order chi connectivity index (χ1) is 11.4. The molecule has 0 aliphatic carbocycles. The summed E-state index contributed by atoms with van der Waals surface area (Å²) < 4.78 is 23.4. The molecule has 2 amide bonds. The molecule has 0 aromatic heterocycles. The van der Waals surface area contributed by atoms with E-state index in [9.17, 15) is 24.1 Å². The molecular formula is C14H14FN3O6. The van der Waals surface area contributed by atoms with Crippen molar-refractivity contribution < 1.29 is 28.4 Å². The molecule has 1 aliphatic rings. The van der Waals surface area contributed by atoms with Gasteiger partial charge in [0.25, 0.3) is 0 Å². The van der Waals surface area contributed by atoms with Gasteiger partial charge in [0.15, 0.2) is 5.75 Å². The highest BCUT2D eigenvalue weighted by atomic mass is 19.1. The van der Waals surface area contributed by atoms with Crippen LogP contribution in [0.5, 0.6) is 5.75 Å². The van der Waals surface area contributed by atoms with Crippen LogP contribution < -0.4 is 15.4 Å². The summed E-state index contributed by atoms with van der Waals surface area (Å²) in [7, 11) is 0. The molecule has 1 heterocycles. The third-order valence-electron chi connectivity index (χ3n) is 3.07. The standard InChI is InChI=1S/C14H14FN3O6/c1-2-23-13(19)9-6-16-14(20)17-10(9)7-24-12-5-8(15)3-4-11(12)18(21)22/h3-5H,2,6-7H2,1H3,(H2,16,17,20). The van der Waals surface area contributed by atoms with Gasteiger partial charge in [-0.3, -0.25) is 10.1 Å². The van der Waals surface area contributed by atoms with E-state index in [2.05, 4.69) is 10.6 Å². The average Bonchev–Trinajstić information content (AvgIpc) is 2.53. The van der Waals surface area contributed by atoms with Crippen molar-refractivity contribution >= 4 is 17.7 Å². The Morgan fingerprint density at radius 1 is 1.46 bits per heavy atom. The van der Waals surface area contributed by atoms with Gasteiger partial charge in [0.05, 0.1) is 29.3 Å². The molecular weight excluding hydrogens is 325 g/mol. The number of amides is 2. The first-order valence-electron chi connectivity index (χ1n) is 6.93. The zero-order chi connectivity index (χ0) is 17.7. The molecule has 0 bridgehead atoms. The normalized spacial score (nSPS) is 13.8. The van der Waals surface area contributed by atoms with E-state index in [1.807, 2.05) is 0 Å². The van der Waals surface area contributed by atoms with Gasteiger partial charge in [0.2, 0.25) is 0 Å². The lowest BCUT2D eigenvalue weighted by atomic mass is 10.1. The van der Waals surface area contributed by atoms with E-state index in [1.54, 1.807) is 6.92 Å². The Morgan fingerprint density at radius 3 is 2.88 bits per heavy atom. The number of nitrogens with zero attached hydrogens (tertiary/aromatic N) is 1. The summed E-state index contributed by atoms with van der Waals surface area (Å²) >= 11 is 0. The second-order valence-corrected chi connectivity index (χ2v) is 4.64. The predicted octanol–water partition coefficient (Wildman–Crippen LogP) is 1.24. The largest absolute Gasteiger partial charge is 0.480 e. The number of nitro benzene ring substituents is 1. The molecule has 0 radical (unpaired) electrons. The highest BCUT2D eigenvalue weighted by Crippen LogP contribution is 2.28. The molecule has 0 fully saturated rings. The Morgan fingerprint density at radius 2 is 2.21 bits per heavy atom. The molecule has 24 heavy (non-hydrogen) atoms. The van der Waals surface area contributed by atoms with Gasteiger partial charge in [0, 0.05) is 12.1 Å². The molecule has 2 rings (SSSR count). The molecule has 10 heteroatoms. The second kappa shape index (κ2) is 7.40. The van der Waals surface area contributed by atoms with Gasteiger partial charge in [-0.2, -0.15) is 0 Å². The molecule has 0 spiro atoms. The van der Waals surface area contributed by atoms with Gasteiger partial charge in [0.1, 0.15) is 12.4 Å². The Bertz CT molecular complexity index is 718. The van der Waals surface area contributed by atoms with Gasteiger partial charge in [-0.25, -0.2) is 14.0 Å². The van der Waals surface area contributed by atoms with Crippen molar-refractivity contribution in [1.29, 1.82) is 0 Å². The van der Waals surface area contributed by atoms with Gasteiger partial charge in [-0.1, -0.05) is 0 Å². The van der Waals surface area contributed by atoms with Crippen molar-refractivity contribution in [3.05, 3.63) is 45.4 Å². The number of hydrogen-bond acceptors (Lipinski definition) is 6. The quantitative estimate of drug-likeness (QED) is 0.457. The maximum absolute atomic E-state index is 13.3. The molecule has 2 N–H and O–H groups in total. The first-order valence-corrected chi connectivity index (χ1v) is 6.93. The van der Waals surface area contributed by atoms with E-state index in [0.717, 1.165) is 18.2 Å². The van der Waals surface area contributed by atoms with Crippen LogP contribution in [-0.2, 0) is 9.53 Å². The smallest absolute Gasteiger partial charge is 0.337 e. The number of rotatable bonds is 6. The molecule has 0 saturated carbocycles. The summed E-state index contributed by atoms with van der Waals surface area (Å²) in [5.74, 6) is -1.69. The Balaban J connectivity index is 2.24. The van der Waals surface area contributed by atoms with E-state index in [-0.39, 0.29) is 36.8 Å². The average molecular weight is 339 g/mol. The second-order valence-electron chi connectivity index (χ2n) is 4.64. The number of urea groups is 1. The van der Waals surface area contributed by atoms with Crippen LogP contribution in [0.3, 0.4) is 0 Å². The van der Waals surface area contributed by atoms with Crippen molar-refractivity contribution in [2.75, 3.05) is 19.8 Å². The minimum absolute atomic E-state index is 0.0748. The van der Waals surface area contributed by atoms with Gasteiger partial charge >= 0.3 is 17.7 Å². The summed E-state index contributed by atoms with van der Waals surface area (Å²) in [6.07, 6.45) is 0. The van der Waals surface area contributed by atoms with E-state index in [4.69, 9.17) is 9.47 Å². The van der Waals surface area contributed by atoms with Crippen LogP contribution in [0.2, 0.25) is 0 Å². The highest BCUT2D eigenvalue weighted by molar-refractivity contribution is 5.93. The van der Waals surface area contributed by atoms with Crippen molar-refractivity contribution in [1.82, 2.24) is 10.6 Å². The van der Waals surface area contributed by atoms with E-state index in [0.29, 0.717) is 0 Å². The van der Waals surface area contributed by atoms with E-state index >= 15 is 0 Å². The van der Waals surface area contributed by atoms with Crippen LogP contribution in [0, 0.1) is 15.9 Å². The number of nitro groups is 1. The summed E-state index contributed by atoms with van der Waals surface area (Å²) in [4.78, 5) is 33.5. The monoisotopic (exact) mass is 339 g/mol. The third kappa shape index (κ3) is 3.97. The molecule has 0 saturated heterocycles. The van der Waals surface area contributed by atoms with Gasteiger partial charge in [-0.15, -0.1) is 0 Å². The fourth-order valence-electron chi connectivity index (χ4n) is 1.97. The lowest BCUT2D eigenvalue weighted by Gasteiger charge is -2.21. The number of esters is 1. The van der Waals surface area contributed by atoms with Crippen LogP contribution in [0.1, 0.15) is 6.92 Å². The van der Waals surface area contributed by atoms with Crippen LogP contribution in [0.4, 0.5) is 14.9 Å².